The Labute approximate surface area is 429 Å². The van der Waals surface area contributed by atoms with Crippen LogP contribution in [0.5, 0.6) is 0 Å². The van der Waals surface area contributed by atoms with Gasteiger partial charge in [0, 0.05) is 22.7 Å². The van der Waals surface area contributed by atoms with Crippen molar-refractivity contribution in [3.8, 4) is 0 Å². The van der Waals surface area contributed by atoms with E-state index in [0.717, 1.165) is 46.4 Å². The largest absolute Gasteiger partial charge is 0.355 e. The van der Waals surface area contributed by atoms with Crippen molar-refractivity contribution < 1.29 is 9.59 Å². The van der Waals surface area contributed by atoms with Crippen molar-refractivity contribution in [1.29, 1.82) is 0 Å². The van der Waals surface area contributed by atoms with E-state index in [9.17, 15) is 0 Å². The van der Waals surface area contributed by atoms with E-state index in [1.54, 1.807) is 0 Å². The molecule has 372 valence electrons. The van der Waals surface area contributed by atoms with Crippen molar-refractivity contribution in [2.45, 2.75) is 154 Å². The molecule has 0 saturated heterocycles. The van der Waals surface area contributed by atoms with Crippen LogP contribution in [0.3, 0.4) is 0 Å². The van der Waals surface area contributed by atoms with Gasteiger partial charge in [-0.25, -0.2) is 0 Å². The van der Waals surface area contributed by atoms with Gasteiger partial charge in [-0.3, -0.25) is 9.59 Å². The predicted molar refractivity (Wildman–Crippen MR) is 300 cm³/mol. The van der Waals surface area contributed by atoms with E-state index < -0.39 is 0 Å². The van der Waals surface area contributed by atoms with Crippen LogP contribution in [-0.4, -0.2) is 11.6 Å². The highest BCUT2D eigenvalue weighted by atomic mass is 16.1. The molecule has 6 nitrogen and oxygen atoms in total. The van der Waals surface area contributed by atoms with Gasteiger partial charge in [0.15, 0.2) is 11.6 Å². The summed E-state index contributed by atoms with van der Waals surface area (Å²) in [6, 6.07) is 42.9. The van der Waals surface area contributed by atoms with Crippen molar-refractivity contribution in [2.24, 2.45) is 23.7 Å². The van der Waals surface area contributed by atoms with Gasteiger partial charge in [-0.2, -0.15) is 0 Å². The SMILES string of the molecule is CC1CCC(c2ccc(Nc3ccc(Nc4ccc(C5CCC(C)CC5)cc4)c4c3C(=O)c3c(Nc5ccc(C6CCC(C)CC6)cc5)ccc(Nc5ccc(C6CCC(C)CC6)cc5)c3C4=O)cc2)CC1. The summed E-state index contributed by atoms with van der Waals surface area (Å²) in [5.74, 6) is 5.08. The molecule has 0 bridgehead atoms. The van der Waals surface area contributed by atoms with Crippen LogP contribution in [-0.2, 0) is 0 Å². The second-order valence-corrected chi connectivity index (χ2v) is 23.3. The van der Waals surface area contributed by atoms with E-state index in [1.807, 2.05) is 24.3 Å². The Hall–Kier alpha value is -6.14. The third-order valence-corrected chi connectivity index (χ3v) is 18.0. The normalized spacial score (nSPS) is 25.2. The summed E-state index contributed by atoms with van der Waals surface area (Å²) in [5, 5.41) is 14.6. The van der Waals surface area contributed by atoms with Gasteiger partial charge in [0.1, 0.15) is 0 Å². The molecule has 72 heavy (non-hydrogen) atoms. The van der Waals surface area contributed by atoms with Gasteiger partial charge in [0.25, 0.3) is 0 Å². The second-order valence-electron chi connectivity index (χ2n) is 23.3. The minimum atomic E-state index is -0.193. The number of fused-ring (bicyclic) bond motifs is 2. The number of anilines is 8. The lowest BCUT2D eigenvalue weighted by Crippen LogP contribution is -2.25. The first-order valence-corrected chi connectivity index (χ1v) is 28.0. The van der Waals surface area contributed by atoms with E-state index in [0.29, 0.717) is 68.7 Å². The zero-order chi connectivity index (χ0) is 49.3. The Bertz CT molecular complexity index is 2460. The maximum absolute atomic E-state index is 15.9. The van der Waals surface area contributed by atoms with Crippen molar-refractivity contribution in [1.82, 2.24) is 0 Å². The molecule has 0 heterocycles. The van der Waals surface area contributed by atoms with E-state index in [4.69, 9.17) is 0 Å². The lowest BCUT2D eigenvalue weighted by Gasteiger charge is -2.28. The van der Waals surface area contributed by atoms with E-state index in [1.165, 1.54) is 125 Å². The first kappa shape index (κ1) is 48.1. The lowest BCUT2D eigenvalue weighted by molar-refractivity contribution is 0.0981. The fraction of sp³-hybridized carbons (Fsp3) is 0.424. The molecular formula is C66H76N4O2. The third kappa shape index (κ3) is 10.4. The summed E-state index contributed by atoms with van der Waals surface area (Å²) in [6.07, 6.45) is 19.9. The second kappa shape index (κ2) is 21.1. The summed E-state index contributed by atoms with van der Waals surface area (Å²) in [4.78, 5) is 31.7. The maximum atomic E-state index is 15.9. The highest BCUT2D eigenvalue weighted by Gasteiger charge is 2.38. The molecule has 0 radical (unpaired) electrons. The molecule has 4 fully saturated rings. The molecule has 0 spiro atoms. The summed E-state index contributed by atoms with van der Waals surface area (Å²) >= 11 is 0. The molecule has 4 N–H and O–H groups in total. The quantitative estimate of drug-likeness (QED) is 0.0977. The van der Waals surface area contributed by atoms with E-state index in [-0.39, 0.29) is 11.6 Å². The van der Waals surface area contributed by atoms with Crippen LogP contribution < -0.4 is 21.3 Å². The van der Waals surface area contributed by atoms with Gasteiger partial charge in [-0.15, -0.1) is 0 Å². The fourth-order valence-electron chi connectivity index (χ4n) is 13.2. The summed E-state index contributed by atoms with van der Waals surface area (Å²) in [7, 11) is 0. The zero-order valence-corrected chi connectivity index (χ0v) is 43.3. The highest BCUT2D eigenvalue weighted by molar-refractivity contribution is 6.35. The summed E-state index contributed by atoms with van der Waals surface area (Å²) in [5.41, 5.74) is 13.0. The molecule has 0 unspecified atom stereocenters. The third-order valence-electron chi connectivity index (χ3n) is 18.0. The number of hydrogen-bond donors (Lipinski definition) is 4. The molecule has 6 aromatic carbocycles. The smallest absolute Gasteiger partial charge is 0.198 e. The lowest BCUT2D eigenvalue weighted by atomic mass is 9.79. The molecule has 11 rings (SSSR count). The topological polar surface area (TPSA) is 82.3 Å². The molecule has 0 aromatic heterocycles. The molecule has 6 heteroatoms. The molecule has 5 aliphatic rings. The first-order chi connectivity index (χ1) is 35.1. The zero-order valence-electron chi connectivity index (χ0n) is 43.3. The Morgan fingerprint density at radius 1 is 0.264 bits per heavy atom. The van der Waals surface area contributed by atoms with Crippen molar-refractivity contribution in [3.05, 3.63) is 166 Å². The number of carbonyl (C=O) groups excluding carboxylic acids is 2. The molecule has 0 amide bonds. The van der Waals surface area contributed by atoms with Crippen LogP contribution in [0.1, 0.15) is 208 Å². The fourth-order valence-corrected chi connectivity index (χ4v) is 13.2. The molecule has 6 aromatic rings. The van der Waals surface area contributed by atoms with Gasteiger partial charge in [-0.1, -0.05) is 128 Å². The van der Waals surface area contributed by atoms with Crippen LogP contribution in [0.15, 0.2) is 121 Å². The van der Waals surface area contributed by atoms with Gasteiger partial charge in [-0.05, 0) is 194 Å². The Balaban J connectivity index is 0.968. The molecular weight excluding hydrogens is 881 g/mol. The minimum Gasteiger partial charge on any atom is -0.355 e. The molecule has 4 saturated carbocycles. The van der Waals surface area contributed by atoms with Gasteiger partial charge in [0.2, 0.25) is 0 Å². The predicted octanol–water partition coefficient (Wildman–Crippen LogP) is 18.6. The van der Waals surface area contributed by atoms with Crippen LogP contribution in [0.25, 0.3) is 0 Å². The average Bonchev–Trinajstić information content (AvgIpc) is 3.40. The standard InChI is InChI=1S/C66H76N4O2/c1-41-5-13-45(14-6-41)49-21-29-53(30-22-49)67-57-37-38-58(68-54-31-23-50(24-32-54)46-15-7-42(2)8-16-46)62-61(57)65(71)63-59(69-55-33-25-51(26-34-55)47-17-9-43(3)10-18-47)39-40-60(64(63)66(62)72)70-56-35-27-52(28-36-56)48-19-11-44(4)12-20-48/h21-48,67-70H,5-20H2,1-4H3. The number of benzene rings is 6. The van der Waals surface area contributed by atoms with Crippen molar-refractivity contribution >= 4 is 57.1 Å². The number of nitrogens with one attached hydrogen (secondary N) is 4. The number of ketones is 2. The van der Waals surface area contributed by atoms with Crippen molar-refractivity contribution in [3.63, 3.8) is 0 Å². The van der Waals surface area contributed by atoms with Gasteiger partial charge >= 0.3 is 0 Å². The number of carbonyl (C=O) groups is 2. The van der Waals surface area contributed by atoms with Crippen LogP contribution >= 0.6 is 0 Å². The minimum absolute atomic E-state index is 0.193. The van der Waals surface area contributed by atoms with Crippen LogP contribution in [0.2, 0.25) is 0 Å². The van der Waals surface area contributed by atoms with E-state index in [2.05, 4.69) is 146 Å². The Kier molecular flexibility index (Phi) is 14.1. The van der Waals surface area contributed by atoms with Crippen molar-refractivity contribution in [2.75, 3.05) is 21.3 Å². The molecule has 0 aliphatic heterocycles. The van der Waals surface area contributed by atoms with Crippen LogP contribution in [0, 0.1) is 23.7 Å². The molecule has 0 atom stereocenters. The number of rotatable bonds is 12. The summed E-state index contributed by atoms with van der Waals surface area (Å²) < 4.78 is 0. The maximum Gasteiger partial charge on any atom is 0.198 e. The highest BCUT2D eigenvalue weighted by Crippen LogP contribution is 2.46. The first-order valence-electron chi connectivity index (χ1n) is 28.0. The molecule has 5 aliphatic carbocycles. The van der Waals surface area contributed by atoms with E-state index >= 15 is 9.59 Å². The average molecular weight is 957 g/mol. The number of hydrogen-bond acceptors (Lipinski definition) is 6. The van der Waals surface area contributed by atoms with Gasteiger partial charge in [0.05, 0.1) is 45.0 Å². The summed E-state index contributed by atoms with van der Waals surface area (Å²) in [6.45, 7) is 9.46. The van der Waals surface area contributed by atoms with Gasteiger partial charge < -0.3 is 21.3 Å². The Morgan fingerprint density at radius 2 is 0.444 bits per heavy atom. The Morgan fingerprint density at radius 3 is 0.625 bits per heavy atom. The van der Waals surface area contributed by atoms with Crippen LogP contribution in [0.4, 0.5) is 45.5 Å². The monoisotopic (exact) mass is 957 g/mol.